The molecule has 0 heterocycles. The lowest BCUT2D eigenvalue weighted by Crippen LogP contribution is -1.94. The normalized spacial score (nSPS) is 11.6. The Morgan fingerprint density at radius 1 is 1.15 bits per heavy atom. The first-order valence-corrected chi connectivity index (χ1v) is 3.51. The van der Waals surface area contributed by atoms with Crippen LogP contribution in [0.3, 0.4) is 0 Å². The molecule has 0 atom stereocenters. The maximum atomic E-state index is 9.28. The molecule has 5 heteroatoms. The highest BCUT2D eigenvalue weighted by Crippen LogP contribution is 2.37. The summed E-state index contributed by atoms with van der Waals surface area (Å²) in [6.07, 6.45) is 0. The third kappa shape index (κ3) is 1.48. The predicted molar refractivity (Wildman–Crippen MR) is 45.4 cm³/mol. The zero-order valence-electron chi connectivity index (χ0n) is 6.89. The van der Waals surface area contributed by atoms with Gasteiger partial charge in [-0.05, 0) is 19.1 Å². The van der Waals surface area contributed by atoms with Crippen molar-refractivity contribution in [3.05, 3.63) is 17.7 Å². The summed E-state index contributed by atoms with van der Waals surface area (Å²) in [4.78, 5) is 0. The van der Waals surface area contributed by atoms with Gasteiger partial charge in [-0.1, -0.05) is 5.16 Å². The average molecular weight is 183 g/mol. The summed E-state index contributed by atoms with van der Waals surface area (Å²) >= 11 is 0. The molecule has 13 heavy (non-hydrogen) atoms. The highest BCUT2D eigenvalue weighted by molar-refractivity contribution is 6.01. The third-order valence-electron chi connectivity index (χ3n) is 1.67. The van der Waals surface area contributed by atoms with E-state index in [0.29, 0.717) is 0 Å². The van der Waals surface area contributed by atoms with Gasteiger partial charge in [-0.25, -0.2) is 0 Å². The molecule has 0 aromatic heterocycles. The highest BCUT2D eigenvalue weighted by atomic mass is 16.4. The van der Waals surface area contributed by atoms with Crippen molar-refractivity contribution in [2.75, 3.05) is 0 Å². The maximum Gasteiger partial charge on any atom is 0.200 e. The largest absolute Gasteiger partial charge is 0.504 e. The molecule has 0 fully saturated rings. The van der Waals surface area contributed by atoms with Crippen LogP contribution in [0.15, 0.2) is 17.3 Å². The molecule has 0 unspecified atom stereocenters. The van der Waals surface area contributed by atoms with E-state index < -0.39 is 17.2 Å². The van der Waals surface area contributed by atoms with Gasteiger partial charge in [-0.3, -0.25) is 0 Å². The van der Waals surface area contributed by atoms with Gasteiger partial charge in [-0.2, -0.15) is 0 Å². The Morgan fingerprint density at radius 2 is 1.77 bits per heavy atom. The van der Waals surface area contributed by atoms with Crippen LogP contribution in [0.2, 0.25) is 0 Å². The Hall–Kier alpha value is -1.91. The van der Waals surface area contributed by atoms with Crippen molar-refractivity contribution >= 4 is 5.71 Å². The second-order valence-electron chi connectivity index (χ2n) is 2.51. The quantitative estimate of drug-likeness (QED) is 0.226. The minimum absolute atomic E-state index is 0.146. The van der Waals surface area contributed by atoms with E-state index in [2.05, 4.69) is 5.16 Å². The van der Waals surface area contributed by atoms with Crippen molar-refractivity contribution < 1.29 is 20.5 Å². The predicted octanol–water partition coefficient (Wildman–Crippen LogP) is 1.00. The fraction of sp³-hybridized carbons (Fsp3) is 0.125. The van der Waals surface area contributed by atoms with Crippen LogP contribution in [-0.4, -0.2) is 26.2 Å². The topological polar surface area (TPSA) is 93.3 Å². The lowest BCUT2D eigenvalue weighted by atomic mass is 10.1. The van der Waals surface area contributed by atoms with Crippen molar-refractivity contribution in [2.45, 2.75) is 6.92 Å². The number of phenolic OH excluding ortho intramolecular Hbond substituents is 3. The summed E-state index contributed by atoms with van der Waals surface area (Å²) in [5.41, 5.74) is 0.311. The van der Waals surface area contributed by atoms with Crippen LogP contribution in [-0.2, 0) is 0 Å². The van der Waals surface area contributed by atoms with Gasteiger partial charge >= 0.3 is 0 Å². The first-order valence-electron chi connectivity index (χ1n) is 3.51. The minimum Gasteiger partial charge on any atom is -0.504 e. The SMILES string of the molecule is C/C(=N\O)c1ccc(O)c(O)c1O. The first-order chi connectivity index (χ1) is 6.07. The average Bonchev–Trinajstić information content (AvgIpc) is 2.13. The fourth-order valence-corrected chi connectivity index (χ4v) is 0.915. The third-order valence-corrected chi connectivity index (χ3v) is 1.67. The van der Waals surface area contributed by atoms with E-state index in [4.69, 9.17) is 15.4 Å². The van der Waals surface area contributed by atoms with Gasteiger partial charge in [0.15, 0.2) is 11.5 Å². The molecule has 0 aliphatic heterocycles. The number of nitrogens with zero attached hydrogens (tertiary/aromatic N) is 1. The number of aromatic hydroxyl groups is 3. The zero-order valence-corrected chi connectivity index (χ0v) is 6.89. The molecule has 1 rings (SSSR count). The standard InChI is InChI=1S/C8H9NO4/c1-4(9-13)5-2-3-6(10)8(12)7(5)11/h2-3,10-13H,1H3/b9-4+. The van der Waals surface area contributed by atoms with E-state index >= 15 is 0 Å². The van der Waals surface area contributed by atoms with Crippen LogP contribution in [0, 0.1) is 0 Å². The van der Waals surface area contributed by atoms with Crippen molar-refractivity contribution in [3.8, 4) is 17.2 Å². The monoisotopic (exact) mass is 183 g/mol. The molecule has 5 nitrogen and oxygen atoms in total. The van der Waals surface area contributed by atoms with Gasteiger partial charge in [0.2, 0.25) is 5.75 Å². The van der Waals surface area contributed by atoms with E-state index in [-0.39, 0.29) is 11.3 Å². The van der Waals surface area contributed by atoms with Crippen LogP contribution < -0.4 is 0 Å². The van der Waals surface area contributed by atoms with E-state index in [1.54, 1.807) is 0 Å². The van der Waals surface area contributed by atoms with Gasteiger partial charge in [-0.15, -0.1) is 0 Å². The van der Waals surface area contributed by atoms with Gasteiger partial charge < -0.3 is 20.5 Å². The molecule has 4 N–H and O–H groups in total. The van der Waals surface area contributed by atoms with Crippen LogP contribution in [0.1, 0.15) is 12.5 Å². The molecular formula is C8H9NO4. The minimum atomic E-state index is -0.625. The molecule has 70 valence electrons. The Kier molecular flexibility index (Phi) is 2.27. The Bertz CT molecular complexity index is 359. The van der Waals surface area contributed by atoms with Crippen molar-refractivity contribution in [1.82, 2.24) is 0 Å². The second-order valence-corrected chi connectivity index (χ2v) is 2.51. The van der Waals surface area contributed by atoms with Gasteiger partial charge in [0, 0.05) is 5.56 Å². The molecule has 0 bridgehead atoms. The smallest absolute Gasteiger partial charge is 0.200 e. The summed E-state index contributed by atoms with van der Waals surface area (Å²) in [6.45, 7) is 1.45. The Balaban J connectivity index is 3.34. The Morgan fingerprint density at radius 3 is 2.31 bits per heavy atom. The second kappa shape index (κ2) is 3.22. The van der Waals surface area contributed by atoms with Crippen molar-refractivity contribution in [3.63, 3.8) is 0 Å². The zero-order chi connectivity index (χ0) is 10.0. The molecule has 0 aliphatic rings. The molecular weight excluding hydrogens is 174 g/mol. The van der Waals surface area contributed by atoms with Gasteiger partial charge in [0.05, 0.1) is 5.71 Å². The summed E-state index contributed by atoms with van der Waals surface area (Å²) in [5.74, 6) is -1.55. The maximum absolute atomic E-state index is 9.28. The highest BCUT2D eigenvalue weighted by Gasteiger charge is 2.12. The summed E-state index contributed by atoms with van der Waals surface area (Å²) < 4.78 is 0. The summed E-state index contributed by atoms with van der Waals surface area (Å²) in [5, 5.41) is 38.6. The number of hydrogen-bond donors (Lipinski definition) is 4. The van der Waals surface area contributed by atoms with Crippen molar-refractivity contribution in [1.29, 1.82) is 0 Å². The first kappa shape index (κ1) is 9.18. The van der Waals surface area contributed by atoms with Crippen LogP contribution in [0.5, 0.6) is 17.2 Å². The molecule has 0 spiro atoms. The van der Waals surface area contributed by atoms with Gasteiger partial charge in [0.25, 0.3) is 0 Å². The van der Waals surface area contributed by atoms with E-state index in [0.717, 1.165) is 0 Å². The molecule has 0 amide bonds. The molecule has 0 radical (unpaired) electrons. The number of benzene rings is 1. The Labute approximate surface area is 74.2 Å². The summed E-state index contributed by atoms with van der Waals surface area (Å²) in [6, 6.07) is 2.53. The van der Waals surface area contributed by atoms with Crippen molar-refractivity contribution in [2.24, 2.45) is 5.16 Å². The summed E-state index contributed by atoms with van der Waals surface area (Å²) in [7, 11) is 0. The molecule has 0 saturated heterocycles. The number of hydrogen-bond acceptors (Lipinski definition) is 5. The lowest BCUT2D eigenvalue weighted by molar-refractivity contribution is 0.318. The molecule has 0 saturated carbocycles. The molecule has 1 aromatic carbocycles. The van der Waals surface area contributed by atoms with E-state index in [1.165, 1.54) is 19.1 Å². The number of rotatable bonds is 1. The van der Waals surface area contributed by atoms with Crippen LogP contribution in [0.4, 0.5) is 0 Å². The molecule has 0 aliphatic carbocycles. The van der Waals surface area contributed by atoms with Crippen LogP contribution >= 0.6 is 0 Å². The number of phenols is 3. The fourth-order valence-electron chi connectivity index (χ4n) is 0.915. The lowest BCUT2D eigenvalue weighted by Gasteiger charge is -2.05. The number of oxime groups is 1. The molecule has 1 aromatic rings. The van der Waals surface area contributed by atoms with E-state index in [9.17, 15) is 5.11 Å². The van der Waals surface area contributed by atoms with Gasteiger partial charge in [0.1, 0.15) is 0 Å². The van der Waals surface area contributed by atoms with E-state index in [1.807, 2.05) is 0 Å². The van der Waals surface area contributed by atoms with Crippen LogP contribution in [0.25, 0.3) is 0 Å².